The van der Waals surface area contributed by atoms with Crippen LogP contribution in [0.4, 0.5) is 5.13 Å². The maximum atomic E-state index is 13.7. The van der Waals surface area contributed by atoms with Gasteiger partial charge in [0.15, 0.2) is 16.9 Å². The SMILES string of the molecule is CCOc1cc(C2c3c(oc4cc(C)c(C)cc4c3=O)C(=O)N2c2nncs2)ccc1O. The summed E-state index contributed by atoms with van der Waals surface area (Å²) < 4.78 is 11.5. The van der Waals surface area contributed by atoms with Crippen LogP contribution in [0.5, 0.6) is 11.5 Å². The van der Waals surface area contributed by atoms with Crippen LogP contribution in [0.15, 0.2) is 45.1 Å². The number of phenolic OH excluding ortho intramolecular Hbond substituents is 1. The van der Waals surface area contributed by atoms with Crippen molar-refractivity contribution in [2.24, 2.45) is 0 Å². The van der Waals surface area contributed by atoms with Crippen molar-refractivity contribution in [3.63, 3.8) is 0 Å². The number of rotatable bonds is 4. The van der Waals surface area contributed by atoms with Crippen molar-refractivity contribution < 1.29 is 19.1 Å². The summed E-state index contributed by atoms with van der Waals surface area (Å²) >= 11 is 1.18. The lowest BCUT2D eigenvalue weighted by Gasteiger charge is -2.22. The van der Waals surface area contributed by atoms with E-state index in [9.17, 15) is 14.7 Å². The van der Waals surface area contributed by atoms with E-state index in [0.717, 1.165) is 11.1 Å². The molecule has 1 unspecified atom stereocenters. The van der Waals surface area contributed by atoms with Gasteiger partial charge in [-0.2, -0.15) is 0 Å². The number of aromatic nitrogens is 2. The summed E-state index contributed by atoms with van der Waals surface area (Å²) in [6.45, 7) is 6.00. The van der Waals surface area contributed by atoms with Crippen molar-refractivity contribution >= 4 is 33.3 Å². The molecule has 0 aliphatic carbocycles. The van der Waals surface area contributed by atoms with E-state index >= 15 is 0 Å². The Bertz CT molecular complexity index is 1430. The van der Waals surface area contributed by atoms with Crippen molar-refractivity contribution in [2.75, 3.05) is 11.5 Å². The lowest BCUT2D eigenvalue weighted by molar-refractivity contribution is 0.0970. The Morgan fingerprint density at radius 1 is 1.19 bits per heavy atom. The number of fused-ring (bicyclic) bond motifs is 2. The van der Waals surface area contributed by atoms with E-state index < -0.39 is 11.9 Å². The van der Waals surface area contributed by atoms with Crippen LogP contribution in [0, 0.1) is 13.8 Å². The number of benzene rings is 2. The van der Waals surface area contributed by atoms with Crippen molar-refractivity contribution in [3.05, 3.63) is 74.1 Å². The Balaban J connectivity index is 1.81. The number of anilines is 1. The summed E-state index contributed by atoms with van der Waals surface area (Å²) in [4.78, 5) is 28.5. The predicted molar refractivity (Wildman–Crippen MR) is 120 cm³/mol. The zero-order valence-corrected chi connectivity index (χ0v) is 18.4. The molecular weight excluding hydrogens is 430 g/mol. The fourth-order valence-electron chi connectivity index (χ4n) is 3.98. The maximum absolute atomic E-state index is 13.7. The van der Waals surface area contributed by atoms with Crippen LogP contribution in [0.1, 0.15) is 45.8 Å². The van der Waals surface area contributed by atoms with Gasteiger partial charge in [0.05, 0.1) is 23.6 Å². The molecule has 1 N–H and O–H groups in total. The highest BCUT2D eigenvalue weighted by Crippen LogP contribution is 2.43. The van der Waals surface area contributed by atoms with E-state index in [1.807, 2.05) is 13.8 Å². The zero-order chi connectivity index (χ0) is 22.6. The molecule has 1 aliphatic heterocycles. The highest BCUT2D eigenvalue weighted by atomic mass is 32.1. The number of hydrogen-bond acceptors (Lipinski definition) is 8. The van der Waals surface area contributed by atoms with Crippen LogP contribution in [0.3, 0.4) is 0 Å². The van der Waals surface area contributed by atoms with E-state index in [-0.39, 0.29) is 28.3 Å². The average molecular weight is 449 g/mol. The van der Waals surface area contributed by atoms with Crippen molar-refractivity contribution in [1.29, 1.82) is 0 Å². The summed E-state index contributed by atoms with van der Waals surface area (Å²) in [5.41, 5.74) is 4.34. The van der Waals surface area contributed by atoms with Gasteiger partial charge in [0, 0.05) is 0 Å². The topological polar surface area (TPSA) is 106 Å². The third-order valence-electron chi connectivity index (χ3n) is 5.64. The molecule has 1 aliphatic rings. The number of amides is 1. The van der Waals surface area contributed by atoms with Gasteiger partial charge in [-0.05, 0) is 61.7 Å². The molecule has 9 heteroatoms. The minimum absolute atomic E-state index is 0.0167. The zero-order valence-electron chi connectivity index (χ0n) is 17.6. The molecule has 5 rings (SSSR count). The number of carbonyl (C=O) groups is 1. The second-order valence-electron chi connectivity index (χ2n) is 7.57. The maximum Gasteiger partial charge on any atom is 0.297 e. The minimum Gasteiger partial charge on any atom is -0.504 e. The van der Waals surface area contributed by atoms with E-state index in [1.165, 1.54) is 27.8 Å². The van der Waals surface area contributed by atoms with Gasteiger partial charge in [-0.3, -0.25) is 14.5 Å². The van der Waals surface area contributed by atoms with Crippen LogP contribution >= 0.6 is 11.3 Å². The van der Waals surface area contributed by atoms with Gasteiger partial charge >= 0.3 is 0 Å². The summed E-state index contributed by atoms with van der Waals surface area (Å²) in [6, 6.07) is 7.53. The van der Waals surface area contributed by atoms with Gasteiger partial charge in [0.1, 0.15) is 11.1 Å². The highest BCUT2D eigenvalue weighted by Gasteiger charge is 2.45. The highest BCUT2D eigenvalue weighted by molar-refractivity contribution is 7.13. The quantitative estimate of drug-likeness (QED) is 0.500. The Kier molecular flexibility index (Phi) is 4.70. The van der Waals surface area contributed by atoms with E-state index in [2.05, 4.69) is 10.2 Å². The van der Waals surface area contributed by atoms with Gasteiger partial charge in [-0.1, -0.05) is 17.4 Å². The normalized spacial score (nSPS) is 15.4. The molecule has 0 spiro atoms. The summed E-state index contributed by atoms with van der Waals surface area (Å²) in [6.07, 6.45) is 0. The fraction of sp³-hybridized carbons (Fsp3) is 0.217. The first-order valence-corrected chi connectivity index (χ1v) is 10.9. The minimum atomic E-state index is -0.799. The van der Waals surface area contributed by atoms with Crippen LogP contribution in [-0.2, 0) is 0 Å². The molecule has 2 aromatic carbocycles. The number of nitrogens with zero attached hydrogens (tertiary/aromatic N) is 3. The van der Waals surface area contributed by atoms with Crippen molar-refractivity contribution in [2.45, 2.75) is 26.8 Å². The molecule has 0 fully saturated rings. The number of aromatic hydroxyl groups is 1. The molecule has 3 heterocycles. The third-order valence-corrected chi connectivity index (χ3v) is 6.33. The first kappa shape index (κ1) is 20.2. The largest absolute Gasteiger partial charge is 0.504 e. The Morgan fingerprint density at radius 3 is 2.69 bits per heavy atom. The molecule has 1 amide bonds. The molecule has 0 radical (unpaired) electrons. The molecule has 0 saturated heterocycles. The second kappa shape index (κ2) is 7.45. The first-order valence-electron chi connectivity index (χ1n) is 10.0. The van der Waals surface area contributed by atoms with Gasteiger partial charge in [-0.15, -0.1) is 10.2 Å². The number of ether oxygens (including phenoxy) is 1. The number of aryl methyl sites for hydroxylation is 2. The van der Waals surface area contributed by atoms with E-state index in [4.69, 9.17) is 9.15 Å². The summed E-state index contributed by atoms with van der Waals surface area (Å²) in [5, 5.41) is 18.8. The van der Waals surface area contributed by atoms with Crippen LogP contribution in [0.25, 0.3) is 11.0 Å². The molecule has 0 saturated carbocycles. The lowest BCUT2D eigenvalue weighted by Crippen LogP contribution is -2.29. The number of phenols is 1. The molecule has 1 atom stereocenters. The molecule has 4 aromatic rings. The van der Waals surface area contributed by atoms with Gasteiger partial charge in [0.2, 0.25) is 10.9 Å². The number of hydrogen-bond donors (Lipinski definition) is 1. The molecule has 0 bridgehead atoms. The molecular formula is C23H19N3O5S. The smallest absolute Gasteiger partial charge is 0.297 e. The van der Waals surface area contributed by atoms with Gasteiger partial charge in [-0.25, -0.2) is 0 Å². The van der Waals surface area contributed by atoms with Gasteiger partial charge in [0.25, 0.3) is 5.91 Å². The van der Waals surface area contributed by atoms with Crippen molar-refractivity contribution in [1.82, 2.24) is 10.2 Å². The monoisotopic (exact) mass is 449 g/mol. The standard InChI is InChI=1S/C23H19N3O5S/c1-4-30-17-9-13(5-6-15(17)27)19-18-20(28)14-7-11(2)12(3)8-16(14)31-21(18)22(29)26(19)23-25-24-10-32-23/h5-10,19,27H,4H2,1-3H3. The summed E-state index contributed by atoms with van der Waals surface area (Å²) in [7, 11) is 0. The van der Waals surface area contributed by atoms with E-state index in [1.54, 1.807) is 31.2 Å². The van der Waals surface area contributed by atoms with Crippen LogP contribution < -0.4 is 15.1 Å². The third kappa shape index (κ3) is 2.96. The van der Waals surface area contributed by atoms with Crippen molar-refractivity contribution in [3.8, 4) is 11.5 Å². The van der Waals surface area contributed by atoms with Crippen LogP contribution in [0.2, 0.25) is 0 Å². The predicted octanol–water partition coefficient (Wildman–Crippen LogP) is 4.12. The first-order chi connectivity index (χ1) is 15.4. The molecule has 32 heavy (non-hydrogen) atoms. The van der Waals surface area contributed by atoms with Gasteiger partial charge < -0.3 is 14.3 Å². The molecule has 162 valence electrons. The Morgan fingerprint density at radius 2 is 1.97 bits per heavy atom. The second-order valence-corrected chi connectivity index (χ2v) is 8.38. The van der Waals surface area contributed by atoms with Crippen LogP contribution in [-0.4, -0.2) is 27.8 Å². The number of carbonyl (C=O) groups excluding carboxylic acids is 1. The average Bonchev–Trinajstić information content (AvgIpc) is 3.38. The van der Waals surface area contributed by atoms with E-state index in [0.29, 0.717) is 28.3 Å². The summed E-state index contributed by atoms with van der Waals surface area (Å²) in [5.74, 6) is -0.249. The molecule has 2 aromatic heterocycles. The fourth-order valence-corrected chi connectivity index (χ4v) is 4.57. The Hall–Kier alpha value is -3.72. The molecule has 8 nitrogen and oxygen atoms in total. The Labute approximate surface area is 186 Å². The lowest BCUT2D eigenvalue weighted by atomic mass is 9.97.